The van der Waals surface area contributed by atoms with Gasteiger partial charge in [-0.05, 0) is 37.1 Å². The maximum Gasteiger partial charge on any atom is 0.154 e. The molecule has 2 aromatic heterocycles. The molecule has 3 aromatic rings. The molecule has 0 bridgehead atoms. The number of halogens is 1. The molecule has 0 radical (unpaired) electrons. The lowest BCUT2D eigenvalue weighted by Gasteiger charge is -2.10. The summed E-state index contributed by atoms with van der Waals surface area (Å²) in [7, 11) is 0. The fourth-order valence-electron chi connectivity index (χ4n) is 2.21. The summed E-state index contributed by atoms with van der Waals surface area (Å²) in [5, 5.41) is 18.8. The Bertz CT molecular complexity index is 897. The van der Waals surface area contributed by atoms with E-state index in [1.54, 1.807) is 0 Å². The molecule has 0 spiro atoms. The van der Waals surface area contributed by atoms with Gasteiger partial charge in [-0.15, -0.1) is 10.2 Å². The summed E-state index contributed by atoms with van der Waals surface area (Å²) in [4.78, 5) is 4.40. The Hall–Kier alpha value is -2.51. The standard InChI is InChI=1S/C16H11ClN4/c1-9-10(2)16(17)21-20-15(9)12-7-11-5-3-4-6-13(11)19-14(12)8-18/h3-7H,1-2H3. The van der Waals surface area contributed by atoms with E-state index < -0.39 is 0 Å². The summed E-state index contributed by atoms with van der Waals surface area (Å²) >= 11 is 5.99. The largest absolute Gasteiger partial charge is 0.236 e. The molecule has 5 heteroatoms. The van der Waals surface area contributed by atoms with E-state index in [0.717, 1.165) is 22.0 Å². The zero-order valence-electron chi connectivity index (χ0n) is 11.6. The lowest BCUT2D eigenvalue weighted by atomic mass is 10.0. The Morgan fingerprint density at radius 1 is 1.10 bits per heavy atom. The number of hydrogen-bond acceptors (Lipinski definition) is 4. The molecule has 4 nitrogen and oxygen atoms in total. The Balaban J connectivity index is 2.34. The van der Waals surface area contributed by atoms with Gasteiger partial charge >= 0.3 is 0 Å². The van der Waals surface area contributed by atoms with E-state index in [1.165, 1.54) is 0 Å². The average molecular weight is 295 g/mol. The zero-order valence-corrected chi connectivity index (χ0v) is 12.3. The highest BCUT2D eigenvalue weighted by Crippen LogP contribution is 2.29. The highest BCUT2D eigenvalue weighted by molar-refractivity contribution is 6.30. The van der Waals surface area contributed by atoms with Crippen LogP contribution in [0.1, 0.15) is 16.8 Å². The van der Waals surface area contributed by atoms with Gasteiger partial charge in [0.15, 0.2) is 10.8 Å². The molecule has 21 heavy (non-hydrogen) atoms. The van der Waals surface area contributed by atoms with Gasteiger partial charge < -0.3 is 0 Å². The van der Waals surface area contributed by atoms with E-state index in [4.69, 9.17) is 11.6 Å². The number of pyridine rings is 1. The van der Waals surface area contributed by atoms with Gasteiger partial charge in [0.05, 0.1) is 11.2 Å². The van der Waals surface area contributed by atoms with Gasteiger partial charge in [-0.1, -0.05) is 29.8 Å². The molecule has 1 aromatic carbocycles. The van der Waals surface area contributed by atoms with E-state index >= 15 is 0 Å². The summed E-state index contributed by atoms with van der Waals surface area (Å²) < 4.78 is 0. The minimum absolute atomic E-state index is 0.341. The van der Waals surface area contributed by atoms with E-state index in [-0.39, 0.29) is 0 Å². The van der Waals surface area contributed by atoms with Crippen molar-refractivity contribution in [1.29, 1.82) is 5.26 Å². The monoisotopic (exact) mass is 294 g/mol. The normalized spacial score (nSPS) is 10.6. The Morgan fingerprint density at radius 3 is 2.62 bits per heavy atom. The molecule has 0 aliphatic carbocycles. The fourth-order valence-corrected chi connectivity index (χ4v) is 2.39. The molecule has 0 amide bonds. The minimum Gasteiger partial charge on any atom is -0.236 e. The molecule has 0 aliphatic rings. The number of hydrogen-bond donors (Lipinski definition) is 0. The van der Waals surface area contributed by atoms with Crippen LogP contribution in [0, 0.1) is 25.2 Å². The predicted octanol–water partition coefficient (Wildman–Crippen LogP) is 3.83. The molecular formula is C16H11ClN4. The molecule has 3 rings (SSSR count). The highest BCUT2D eigenvalue weighted by Gasteiger charge is 2.15. The third-order valence-corrected chi connectivity index (χ3v) is 3.91. The fraction of sp³-hybridized carbons (Fsp3) is 0.125. The van der Waals surface area contributed by atoms with Crippen molar-refractivity contribution in [3.63, 3.8) is 0 Å². The van der Waals surface area contributed by atoms with Crippen molar-refractivity contribution < 1.29 is 0 Å². The number of fused-ring (bicyclic) bond motifs is 1. The summed E-state index contributed by atoms with van der Waals surface area (Å²) in [5.41, 5.74) is 4.22. The van der Waals surface area contributed by atoms with Crippen LogP contribution in [-0.4, -0.2) is 15.2 Å². The summed E-state index contributed by atoms with van der Waals surface area (Å²) in [6.45, 7) is 3.80. The van der Waals surface area contributed by atoms with Crippen molar-refractivity contribution in [3.8, 4) is 17.3 Å². The molecule has 102 valence electrons. The van der Waals surface area contributed by atoms with E-state index in [0.29, 0.717) is 22.1 Å². The summed E-state index contributed by atoms with van der Waals surface area (Å²) in [5.74, 6) is 0. The second-order valence-electron chi connectivity index (χ2n) is 4.78. The van der Waals surface area contributed by atoms with Crippen LogP contribution in [-0.2, 0) is 0 Å². The molecule has 0 saturated carbocycles. The predicted molar refractivity (Wildman–Crippen MR) is 82.0 cm³/mol. The van der Waals surface area contributed by atoms with Gasteiger partial charge in [-0.3, -0.25) is 0 Å². The molecular weight excluding hydrogens is 284 g/mol. The van der Waals surface area contributed by atoms with Crippen LogP contribution in [0.3, 0.4) is 0 Å². The number of rotatable bonds is 1. The maximum atomic E-state index is 9.37. The van der Waals surface area contributed by atoms with Gasteiger partial charge in [0, 0.05) is 10.9 Å². The van der Waals surface area contributed by atoms with Crippen LogP contribution in [0.2, 0.25) is 5.15 Å². The number of para-hydroxylation sites is 1. The molecule has 0 fully saturated rings. The van der Waals surface area contributed by atoms with E-state index in [2.05, 4.69) is 21.3 Å². The van der Waals surface area contributed by atoms with Crippen molar-refractivity contribution in [3.05, 3.63) is 52.3 Å². The van der Waals surface area contributed by atoms with Crippen LogP contribution in [0.15, 0.2) is 30.3 Å². The molecule has 2 heterocycles. The number of nitrogens with zero attached hydrogens (tertiary/aromatic N) is 4. The van der Waals surface area contributed by atoms with Crippen LogP contribution < -0.4 is 0 Å². The first kappa shape index (κ1) is 13.5. The second kappa shape index (κ2) is 5.12. The minimum atomic E-state index is 0.341. The van der Waals surface area contributed by atoms with Gasteiger partial charge in [-0.2, -0.15) is 5.26 Å². The zero-order chi connectivity index (χ0) is 15.0. The Morgan fingerprint density at radius 2 is 1.86 bits per heavy atom. The first-order valence-corrected chi connectivity index (χ1v) is 6.79. The average Bonchev–Trinajstić information content (AvgIpc) is 2.51. The van der Waals surface area contributed by atoms with Crippen molar-refractivity contribution in [1.82, 2.24) is 15.2 Å². The maximum absolute atomic E-state index is 9.37. The highest BCUT2D eigenvalue weighted by atomic mass is 35.5. The second-order valence-corrected chi connectivity index (χ2v) is 5.14. The first-order chi connectivity index (χ1) is 10.1. The molecule has 0 saturated heterocycles. The lowest BCUT2D eigenvalue weighted by Crippen LogP contribution is -2.00. The molecule has 0 N–H and O–H groups in total. The summed E-state index contributed by atoms with van der Waals surface area (Å²) in [6, 6.07) is 11.7. The molecule has 0 unspecified atom stereocenters. The van der Waals surface area contributed by atoms with Crippen LogP contribution in [0.25, 0.3) is 22.2 Å². The molecule has 0 atom stereocenters. The smallest absolute Gasteiger partial charge is 0.154 e. The lowest BCUT2D eigenvalue weighted by molar-refractivity contribution is 1.00. The van der Waals surface area contributed by atoms with Crippen molar-refractivity contribution in [2.45, 2.75) is 13.8 Å². The van der Waals surface area contributed by atoms with Gasteiger partial charge in [0.2, 0.25) is 0 Å². The quantitative estimate of drug-likeness (QED) is 0.684. The SMILES string of the molecule is Cc1c(Cl)nnc(-c2cc3ccccc3nc2C#N)c1C. The summed E-state index contributed by atoms with van der Waals surface area (Å²) in [6.07, 6.45) is 0. The van der Waals surface area contributed by atoms with Crippen molar-refractivity contribution in [2.24, 2.45) is 0 Å². The van der Waals surface area contributed by atoms with Crippen LogP contribution in [0.5, 0.6) is 0 Å². The number of aromatic nitrogens is 3. The van der Waals surface area contributed by atoms with Crippen molar-refractivity contribution >= 4 is 22.5 Å². The van der Waals surface area contributed by atoms with Crippen molar-refractivity contribution in [2.75, 3.05) is 0 Å². The topological polar surface area (TPSA) is 62.5 Å². The Labute approximate surface area is 127 Å². The van der Waals surface area contributed by atoms with Gasteiger partial charge in [0.25, 0.3) is 0 Å². The number of nitriles is 1. The van der Waals surface area contributed by atoms with Gasteiger partial charge in [0.1, 0.15) is 6.07 Å². The van der Waals surface area contributed by atoms with Gasteiger partial charge in [-0.25, -0.2) is 4.98 Å². The van der Waals surface area contributed by atoms with Crippen LogP contribution >= 0.6 is 11.6 Å². The van der Waals surface area contributed by atoms with E-state index in [9.17, 15) is 5.26 Å². The third kappa shape index (κ3) is 2.22. The number of benzene rings is 1. The van der Waals surface area contributed by atoms with Crippen LogP contribution in [0.4, 0.5) is 0 Å². The molecule has 0 aliphatic heterocycles. The van der Waals surface area contributed by atoms with E-state index in [1.807, 2.05) is 44.2 Å². The Kier molecular flexibility index (Phi) is 3.28. The first-order valence-electron chi connectivity index (χ1n) is 6.41. The third-order valence-electron chi connectivity index (χ3n) is 3.55.